The highest BCUT2D eigenvalue weighted by Crippen LogP contribution is 2.19. The number of hydrogen-bond acceptors (Lipinski definition) is 3. The van der Waals surface area contributed by atoms with Crippen molar-refractivity contribution in [2.24, 2.45) is 5.92 Å². The molecule has 0 bridgehead atoms. The molecule has 1 heterocycles. The fourth-order valence-electron chi connectivity index (χ4n) is 2.50. The average molecular weight is 281 g/mol. The quantitative estimate of drug-likeness (QED) is 0.870. The number of aromatic carboxylic acids is 1. The van der Waals surface area contributed by atoms with Crippen LogP contribution in [0.4, 0.5) is 4.39 Å². The second-order valence-electron chi connectivity index (χ2n) is 5.23. The Kier molecular flexibility index (Phi) is 5.09. The van der Waals surface area contributed by atoms with E-state index < -0.39 is 5.97 Å². The fourth-order valence-corrected chi connectivity index (χ4v) is 2.50. The summed E-state index contributed by atoms with van der Waals surface area (Å²) in [5.74, 6) is -0.889. The van der Waals surface area contributed by atoms with Crippen molar-refractivity contribution in [2.45, 2.75) is 32.4 Å². The minimum atomic E-state index is -1.04. The van der Waals surface area contributed by atoms with Gasteiger partial charge >= 0.3 is 5.97 Å². The molecule has 1 aliphatic rings. The van der Waals surface area contributed by atoms with E-state index in [1.807, 2.05) is 0 Å². The second kappa shape index (κ2) is 6.81. The highest BCUT2D eigenvalue weighted by molar-refractivity contribution is 5.87. The Morgan fingerprint density at radius 2 is 2.20 bits per heavy atom. The van der Waals surface area contributed by atoms with E-state index >= 15 is 0 Å². The molecule has 110 valence electrons. The van der Waals surface area contributed by atoms with Gasteiger partial charge < -0.3 is 15.2 Å². The monoisotopic (exact) mass is 281 g/mol. The van der Waals surface area contributed by atoms with Gasteiger partial charge in [0.15, 0.2) is 0 Å². The molecule has 0 aliphatic carbocycles. The van der Waals surface area contributed by atoms with Crippen LogP contribution in [-0.2, 0) is 11.3 Å². The Morgan fingerprint density at radius 1 is 1.50 bits per heavy atom. The predicted molar refractivity (Wildman–Crippen MR) is 73.2 cm³/mol. The minimum Gasteiger partial charge on any atom is -0.478 e. The summed E-state index contributed by atoms with van der Waals surface area (Å²) in [7, 11) is 0. The Balaban J connectivity index is 1.95. The van der Waals surface area contributed by atoms with Crippen LogP contribution in [0.25, 0.3) is 0 Å². The van der Waals surface area contributed by atoms with Crippen LogP contribution in [0.1, 0.15) is 35.7 Å². The molecule has 1 aromatic rings. The molecule has 4 nitrogen and oxygen atoms in total. The van der Waals surface area contributed by atoms with Crippen LogP contribution >= 0.6 is 0 Å². The Bertz CT molecular complexity index is 472. The van der Waals surface area contributed by atoms with Crippen molar-refractivity contribution in [1.29, 1.82) is 0 Å². The Hall–Kier alpha value is -1.46. The maximum Gasteiger partial charge on any atom is 0.335 e. The summed E-state index contributed by atoms with van der Waals surface area (Å²) in [6, 6.07) is 4.14. The number of carbonyl (C=O) groups is 1. The van der Waals surface area contributed by atoms with Gasteiger partial charge in [0.2, 0.25) is 0 Å². The molecule has 1 unspecified atom stereocenters. The zero-order valence-electron chi connectivity index (χ0n) is 11.6. The zero-order valence-corrected chi connectivity index (χ0v) is 11.6. The van der Waals surface area contributed by atoms with E-state index in [1.165, 1.54) is 18.2 Å². The molecule has 0 spiro atoms. The van der Waals surface area contributed by atoms with Gasteiger partial charge in [0.05, 0.1) is 5.56 Å². The summed E-state index contributed by atoms with van der Waals surface area (Å²) in [5.41, 5.74) is 0.505. The molecule has 1 aliphatic heterocycles. The molecule has 5 heteroatoms. The lowest BCUT2D eigenvalue weighted by molar-refractivity contribution is 0.0557. The lowest BCUT2D eigenvalue weighted by Gasteiger charge is -2.28. The van der Waals surface area contributed by atoms with Gasteiger partial charge in [-0.1, -0.05) is 0 Å². The predicted octanol–water partition coefficient (Wildman–Crippen LogP) is 2.43. The highest BCUT2D eigenvalue weighted by atomic mass is 19.1. The number of benzene rings is 1. The van der Waals surface area contributed by atoms with Crippen molar-refractivity contribution in [3.63, 3.8) is 0 Å². The first-order valence-electron chi connectivity index (χ1n) is 6.91. The van der Waals surface area contributed by atoms with Gasteiger partial charge in [0.1, 0.15) is 5.82 Å². The molecule has 0 saturated carbocycles. The fraction of sp³-hybridized carbons (Fsp3) is 0.533. The molecule has 20 heavy (non-hydrogen) atoms. The van der Waals surface area contributed by atoms with Crippen LogP contribution in [-0.4, -0.2) is 30.3 Å². The molecule has 1 atom stereocenters. The average Bonchev–Trinajstić information content (AvgIpc) is 2.46. The topological polar surface area (TPSA) is 58.6 Å². The molecule has 1 fully saturated rings. The first-order valence-corrected chi connectivity index (χ1v) is 6.91. The van der Waals surface area contributed by atoms with E-state index in [0.717, 1.165) is 26.1 Å². The highest BCUT2D eigenvalue weighted by Gasteiger charge is 2.20. The van der Waals surface area contributed by atoms with Gasteiger partial charge in [0.25, 0.3) is 0 Å². The zero-order chi connectivity index (χ0) is 14.5. The molecular weight excluding hydrogens is 261 g/mol. The lowest BCUT2D eigenvalue weighted by Crippen LogP contribution is -2.36. The summed E-state index contributed by atoms with van der Waals surface area (Å²) in [6.07, 6.45) is 2.01. The first-order chi connectivity index (χ1) is 9.58. The number of halogens is 1. The summed E-state index contributed by atoms with van der Waals surface area (Å²) in [4.78, 5) is 10.9. The van der Waals surface area contributed by atoms with Crippen molar-refractivity contribution in [3.8, 4) is 0 Å². The maximum absolute atomic E-state index is 13.7. The molecule has 0 amide bonds. The number of ether oxygens (including phenoxy) is 1. The van der Waals surface area contributed by atoms with Crippen molar-refractivity contribution in [1.82, 2.24) is 5.32 Å². The maximum atomic E-state index is 13.7. The van der Waals surface area contributed by atoms with Crippen molar-refractivity contribution in [2.75, 3.05) is 13.2 Å². The third-order valence-corrected chi connectivity index (χ3v) is 3.88. The summed E-state index contributed by atoms with van der Waals surface area (Å²) in [5, 5.41) is 12.2. The van der Waals surface area contributed by atoms with E-state index in [0.29, 0.717) is 18.0 Å². The van der Waals surface area contributed by atoms with Gasteiger partial charge in [-0.2, -0.15) is 0 Å². The van der Waals surface area contributed by atoms with Gasteiger partial charge in [-0.25, -0.2) is 9.18 Å². The Labute approximate surface area is 117 Å². The number of rotatable bonds is 5. The van der Waals surface area contributed by atoms with Crippen LogP contribution in [0.15, 0.2) is 18.2 Å². The SMILES string of the molecule is CC(NCc1cc(C(=O)O)ccc1F)C1CCOCC1. The standard InChI is InChI=1S/C15H20FNO3/c1-10(11-4-6-20-7-5-11)17-9-13-8-12(15(18)19)2-3-14(13)16/h2-3,8,10-11,17H,4-7,9H2,1H3,(H,18,19). The Morgan fingerprint density at radius 3 is 2.85 bits per heavy atom. The van der Waals surface area contributed by atoms with Gasteiger partial charge in [-0.15, -0.1) is 0 Å². The van der Waals surface area contributed by atoms with E-state index in [1.54, 1.807) is 0 Å². The van der Waals surface area contributed by atoms with E-state index in [2.05, 4.69) is 12.2 Å². The largest absolute Gasteiger partial charge is 0.478 e. The van der Waals surface area contributed by atoms with Crippen LogP contribution < -0.4 is 5.32 Å². The number of carboxylic acids is 1. The van der Waals surface area contributed by atoms with Gasteiger partial charge in [-0.05, 0) is 43.9 Å². The summed E-state index contributed by atoms with van der Waals surface area (Å²) < 4.78 is 19.0. The van der Waals surface area contributed by atoms with E-state index in [-0.39, 0.29) is 17.4 Å². The normalized spacial score (nSPS) is 17.9. The number of nitrogens with one attached hydrogen (secondary N) is 1. The molecule has 0 aromatic heterocycles. The van der Waals surface area contributed by atoms with Crippen LogP contribution in [0.5, 0.6) is 0 Å². The van der Waals surface area contributed by atoms with Crippen molar-refractivity contribution < 1.29 is 19.0 Å². The smallest absolute Gasteiger partial charge is 0.335 e. The summed E-state index contributed by atoms with van der Waals surface area (Å²) >= 11 is 0. The summed E-state index contributed by atoms with van der Waals surface area (Å²) in [6.45, 7) is 3.97. The molecule has 2 N–H and O–H groups in total. The molecule has 1 saturated heterocycles. The lowest BCUT2D eigenvalue weighted by atomic mass is 9.93. The molecule has 0 radical (unpaired) electrons. The molecular formula is C15H20FNO3. The molecule has 1 aromatic carbocycles. The second-order valence-corrected chi connectivity index (χ2v) is 5.23. The van der Waals surface area contributed by atoms with Crippen LogP contribution in [0.2, 0.25) is 0 Å². The number of hydrogen-bond donors (Lipinski definition) is 2. The minimum absolute atomic E-state index is 0.113. The van der Waals surface area contributed by atoms with Crippen LogP contribution in [0, 0.1) is 11.7 Å². The van der Waals surface area contributed by atoms with E-state index in [4.69, 9.17) is 9.84 Å². The van der Waals surface area contributed by atoms with Gasteiger partial charge in [0, 0.05) is 31.4 Å². The van der Waals surface area contributed by atoms with Gasteiger partial charge in [-0.3, -0.25) is 0 Å². The van der Waals surface area contributed by atoms with Crippen molar-refractivity contribution in [3.05, 3.63) is 35.1 Å². The third kappa shape index (κ3) is 3.77. The van der Waals surface area contributed by atoms with Crippen LogP contribution in [0.3, 0.4) is 0 Å². The van der Waals surface area contributed by atoms with Crippen molar-refractivity contribution >= 4 is 5.97 Å². The third-order valence-electron chi connectivity index (χ3n) is 3.88. The number of carboxylic acid groups (broad SMARTS) is 1. The molecule has 2 rings (SSSR count). The first kappa shape index (κ1) is 14.9. The van der Waals surface area contributed by atoms with E-state index in [9.17, 15) is 9.18 Å².